The predicted octanol–water partition coefficient (Wildman–Crippen LogP) is 1.47. The second kappa shape index (κ2) is 23.6. The predicted molar refractivity (Wildman–Crippen MR) is 63.7 cm³/mol. The zero-order valence-electron chi connectivity index (χ0n) is 9.95. The van der Waals surface area contributed by atoms with Gasteiger partial charge in [0.05, 0.1) is 0 Å². The molecular weight excluding hydrogens is 310 g/mol. The van der Waals surface area contributed by atoms with E-state index in [-0.39, 0.29) is 18.3 Å². The molecule has 0 amide bonds. The monoisotopic (exact) mass is 335 g/mol. The molecule has 0 atom stereocenters. The second-order valence-electron chi connectivity index (χ2n) is 3.28. The van der Waals surface area contributed by atoms with Gasteiger partial charge in [0.25, 0.3) is 0 Å². The first kappa shape index (κ1) is 24.3. The van der Waals surface area contributed by atoms with Crippen LogP contribution >= 0.6 is 8.92 Å². The fraction of sp³-hybridized carbons (Fsp3) is 1.00. The standard InChI is InChI=1S/3C3H8O.ClH.Sn/c3*1-3(2)4;;/h3*3-4H,1-2H3;1H;/q;;;;+1/p-1. The van der Waals surface area contributed by atoms with Crippen LogP contribution in [-0.2, 0) is 0 Å². The molecule has 3 N–H and O–H groups in total. The van der Waals surface area contributed by atoms with Crippen molar-refractivity contribution in [2.75, 3.05) is 0 Å². The Morgan fingerprint density at radius 1 is 0.643 bits per heavy atom. The molecule has 0 aromatic rings. The van der Waals surface area contributed by atoms with Crippen molar-refractivity contribution >= 4 is 30.3 Å². The van der Waals surface area contributed by atoms with Gasteiger partial charge in [-0.05, 0) is 41.5 Å². The molecule has 5 heteroatoms. The van der Waals surface area contributed by atoms with Gasteiger partial charge in [-0.25, -0.2) is 0 Å². The molecule has 0 aromatic carbocycles. The summed E-state index contributed by atoms with van der Waals surface area (Å²) in [5, 5.41) is 24.2. The van der Waals surface area contributed by atoms with Crippen LogP contribution in [0.3, 0.4) is 0 Å². The minimum atomic E-state index is -0.167. The van der Waals surface area contributed by atoms with Crippen LogP contribution in [0.5, 0.6) is 0 Å². The third-order valence-corrected chi connectivity index (χ3v) is 0. The van der Waals surface area contributed by atoms with Gasteiger partial charge < -0.3 is 15.3 Å². The Labute approximate surface area is 105 Å². The van der Waals surface area contributed by atoms with E-state index >= 15 is 0 Å². The fourth-order valence-corrected chi connectivity index (χ4v) is 0. The molecule has 0 spiro atoms. The van der Waals surface area contributed by atoms with Crippen molar-refractivity contribution in [3.05, 3.63) is 0 Å². The Morgan fingerprint density at radius 2 is 0.643 bits per heavy atom. The van der Waals surface area contributed by atoms with Gasteiger partial charge >= 0.3 is 30.3 Å². The van der Waals surface area contributed by atoms with Crippen LogP contribution in [0.1, 0.15) is 41.5 Å². The van der Waals surface area contributed by atoms with Gasteiger partial charge in [0.2, 0.25) is 0 Å². The molecular formula is C9H24ClO3Sn. The molecule has 0 fully saturated rings. The third-order valence-electron chi connectivity index (χ3n) is 0. The molecule has 0 unspecified atom stereocenters. The summed E-state index contributed by atoms with van der Waals surface area (Å²) in [6.07, 6.45) is -0.500. The third kappa shape index (κ3) is 1980. The number of halogens is 1. The van der Waals surface area contributed by atoms with Gasteiger partial charge in [0.15, 0.2) is 0 Å². The quantitative estimate of drug-likeness (QED) is 0.588. The summed E-state index contributed by atoms with van der Waals surface area (Å²) in [7, 11) is 4.73. The van der Waals surface area contributed by atoms with Crippen LogP contribution in [0.2, 0.25) is 0 Å². The minimum absolute atomic E-state index is 0.167. The van der Waals surface area contributed by atoms with Crippen molar-refractivity contribution in [2.45, 2.75) is 59.9 Å². The summed E-state index contributed by atoms with van der Waals surface area (Å²) >= 11 is 1.02. The van der Waals surface area contributed by atoms with Crippen molar-refractivity contribution in [2.24, 2.45) is 0 Å². The molecule has 14 heavy (non-hydrogen) atoms. The Kier molecular flexibility index (Phi) is 41.0. The zero-order valence-corrected chi connectivity index (χ0v) is 13.6. The van der Waals surface area contributed by atoms with Crippen molar-refractivity contribution in [3.8, 4) is 0 Å². The van der Waals surface area contributed by atoms with E-state index in [1.165, 1.54) is 0 Å². The second-order valence-corrected chi connectivity index (χ2v) is 3.28. The molecule has 0 aliphatic rings. The van der Waals surface area contributed by atoms with Crippen LogP contribution in [-0.4, -0.2) is 55.0 Å². The Hall–Kier alpha value is 0.969. The Morgan fingerprint density at radius 3 is 0.643 bits per heavy atom. The molecule has 0 aliphatic carbocycles. The van der Waals surface area contributed by atoms with Gasteiger partial charge in [0, 0.05) is 18.3 Å². The van der Waals surface area contributed by atoms with Crippen LogP contribution < -0.4 is 0 Å². The molecule has 0 saturated carbocycles. The number of hydrogen-bond acceptors (Lipinski definition) is 3. The number of aliphatic hydroxyl groups is 3. The van der Waals surface area contributed by atoms with Crippen molar-refractivity contribution in [3.63, 3.8) is 0 Å². The SMILES string of the molecule is CC(C)O.CC(C)O.CC(C)O.[Cl][Sn]. The van der Waals surface area contributed by atoms with E-state index in [2.05, 4.69) is 0 Å². The Bertz CT molecular complexity index is 48.5. The summed E-state index contributed by atoms with van der Waals surface area (Å²) in [6, 6.07) is 0. The topological polar surface area (TPSA) is 60.7 Å². The van der Waals surface area contributed by atoms with Crippen molar-refractivity contribution in [1.82, 2.24) is 0 Å². The first-order valence-corrected chi connectivity index (χ1v) is 8.04. The molecule has 89 valence electrons. The van der Waals surface area contributed by atoms with Crippen LogP contribution in [0.25, 0.3) is 0 Å². The van der Waals surface area contributed by atoms with Gasteiger partial charge in [-0.3, -0.25) is 0 Å². The van der Waals surface area contributed by atoms with E-state index in [4.69, 9.17) is 24.2 Å². The van der Waals surface area contributed by atoms with E-state index in [1.807, 2.05) is 0 Å². The summed E-state index contributed by atoms with van der Waals surface area (Å²) in [4.78, 5) is 0. The summed E-state index contributed by atoms with van der Waals surface area (Å²) in [5.41, 5.74) is 0. The van der Waals surface area contributed by atoms with E-state index in [9.17, 15) is 0 Å². The van der Waals surface area contributed by atoms with Crippen molar-refractivity contribution in [1.29, 1.82) is 0 Å². The van der Waals surface area contributed by atoms with Crippen LogP contribution in [0, 0.1) is 0 Å². The fourth-order valence-electron chi connectivity index (χ4n) is 0. The number of aliphatic hydroxyl groups excluding tert-OH is 3. The molecule has 3 nitrogen and oxygen atoms in total. The summed E-state index contributed by atoms with van der Waals surface area (Å²) in [6.45, 7) is 10.3. The summed E-state index contributed by atoms with van der Waals surface area (Å²) < 4.78 is 0. The van der Waals surface area contributed by atoms with E-state index in [0.29, 0.717) is 0 Å². The average molecular weight is 334 g/mol. The van der Waals surface area contributed by atoms with Crippen molar-refractivity contribution < 1.29 is 15.3 Å². The molecule has 0 aromatic heterocycles. The van der Waals surface area contributed by atoms with E-state index in [1.54, 1.807) is 41.5 Å². The molecule has 3 radical (unpaired) electrons. The molecule has 0 rings (SSSR count). The molecule has 0 bridgehead atoms. The number of hydrogen-bond donors (Lipinski definition) is 3. The molecule has 0 aliphatic heterocycles. The molecule has 0 saturated heterocycles. The average Bonchev–Trinajstić information content (AvgIpc) is 1.86. The van der Waals surface area contributed by atoms with E-state index in [0.717, 1.165) is 21.4 Å². The van der Waals surface area contributed by atoms with Gasteiger partial charge in [-0.2, -0.15) is 0 Å². The molecule has 0 heterocycles. The van der Waals surface area contributed by atoms with Gasteiger partial charge in [-0.15, -0.1) is 0 Å². The number of rotatable bonds is 0. The van der Waals surface area contributed by atoms with Crippen LogP contribution in [0.4, 0.5) is 0 Å². The van der Waals surface area contributed by atoms with Gasteiger partial charge in [0.1, 0.15) is 0 Å². The van der Waals surface area contributed by atoms with E-state index < -0.39 is 0 Å². The maximum absolute atomic E-state index is 8.06. The first-order chi connectivity index (χ1) is 6.20. The normalized spacial score (nSPS) is 8.14. The summed E-state index contributed by atoms with van der Waals surface area (Å²) in [5.74, 6) is 0. The van der Waals surface area contributed by atoms with Crippen LogP contribution in [0.15, 0.2) is 0 Å². The first-order valence-electron chi connectivity index (χ1n) is 4.43. The van der Waals surface area contributed by atoms with Gasteiger partial charge in [-0.1, -0.05) is 0 Å². The Balaban J connectivity index is -0.0000000492. The maximum atomic E-state index is 8.06. The zero-order chi connectivity index (χ0) is 12.7.